The smallest absolute Gasteiger partial charge is 0.258 e. The average molecular weight is 313 g/mol. The largest absolute Gasteiger partial charge is 0.377 e. The first-order valence-corrected chi connectivity index (χ1v) is 8.08. The van der Waals surface area contributed by atoms with Crippen molar-refractivity contribution in [2.45, 2.75) is 32.4 Å². The molecule has 3 rings (SSSR count). The number of rotatable bonds is 6. The van der Waals surface area contributed by atoms with E-state index in [9.17, 15) is 4.79 Å². The van der Waals surface area contributed by atoms with Gasteiger partial charge in [-0.15, -0.1) is 0 Å². The van der Waals surface area contributed by atoms with E-state index in [1.54, 1.807) is 6.07 Å². The lowest BCUT2D eigenvalue weighted by Gasteiger charge is -2.24. The Morgan fingerprint density at radius 1 is 1.48 bits per heavy atom. The van der Waals surface area contributed by atoms with Crippen LogP contribution in [0.1, 0.15) is 25.6 Å². The van der Waals surface area contributed by atoms with Gasteiger partial charge in [-0.05, 0) is 31.9 Å². The Kier molecular flexibility index (Phi) is 4.88. The first kappa shape index (κ1) is 15.9. The van der Waals surface area contributed by atoms with Crippen LogP contribution in [0.3, 0.4) is 0 Å². The summed E-state index contributed by atoms with van der Waals surface area (Å²) in [7, 11) is 0. The Morgan fingerprint density at radius 2 is 2.30 bits per heavy atom. The van der Waals surface area contributed by atoms with E-state index in [-0.39, 0.29) is 11.7 Å². The maximum atomic E-state index is 12.2. The molecule has 1 atom stereocenters. The highest BCUT2D eigenvalue weighted by atomic mass is 16.5. The van der Waals surface area contributed by atoms with E-state index in [1.807, 2.05) is 25.1 Å². The Bertz CT molecular complexity index is 747. The zero-order chi connectivity index (χ0) is 16.2. The van der Waals surface area contributed by atoms with Crippen molar-refractivity contribution in [3.05, 3.63) is 52.6 Å². The molecule has 23 heavy (non-hydrogen) atoms. The third-order valence-electron chi connectivity index (χ3n) is 4.01. The molecule has 2 heterocycles. The van der Waals surface area contributed by atoms with Gasteiger partial charge in [-0.3, -0.25) is 9.69 Å². The molecule has 5 nitrogen and oxygen atoms in total. The molecule has 122 valence electrons. The molecule has 1 aromatic carbocycles. The van der Waals surface area contributed by atoms with Crippen LogP contribution in [0.25, 0.3) is 10.9 Å². The molecule has 0 aliphatic carbocycles. The third kappa shape index (κ3) is 4.06. The van der Waals surface area contributed by atoms with Crippen molar-refractivity contribution in [2.75, 3.05) is 19.7 Å². The minimum atomic E-state index is -0.0852. The number of nitrogens with one attached hydrogen (secondary N) is 1. The monoisotopic (exact) mass is 313 g/mol. The van der Waals surface area contributed by atoms with E-state index >= 15 is 0 Å². The Labute approximate surface area is 136 Å². The zero-order valence-corrected chi connectivity index (χ0v) is 13.5. The number of ether oxygens (including phenoxy) is 1. The van der Waals surface area contributed by atoms with Crippen LogP contribution in [0, 0.1) is 0 Å². The summed E-state index contributed by atoms with van der Waals surface area (Å²) in [4.78, 5) is 21.9. The van der Waals surface area contributed by atoms with Crippen molar-refractivity contribution in [3.8, 4) is 0 Å². The second-order valence-corrected chi connectivity index (χ2v) is 6.29. The van der Waals surface area contributed by atoms with Crippen molar-refractivity contribution in [1.82, 2.24) is 14.9 Å². The van der Waals surface area contributed by atoms with Gasteiger partial charge in [0, 0.05) is 19.7 Å². The standard InChI is InChI=1S/C18H23N3O2/c1-13(2)10-21(11-14-6-5-9-23-14)12-17-19-16-8-4-3-7-15(16)18(22)20-17/h3-4,7-8,14H,1,5-6,9-12H2,2H3,(H,19,20,22). The van der Waals surface area contributed by atoms with Crippen LogP contribution in [-0.2, 0) is 11.3 Å². The van der Waals surface area contributed by atoms with Crippen molar-refractivity contribution in [2.24, 2.45) is 0 Å². The summed E-state index contributed by atoms with van der Waals surface area (Å²) in [5.74, 6) is 0.688. The minimum Gasteiger partial charge on any atom is -0.377 e. The number of H-pyrrole nitrogens is 1. The van der Waals surface area contributed by atoms with Crippen molar-refractivity contribution < 1.29 is 4.74 Å². The summed E-state index contributed by atoms with van der Waals surface area (Å²) in [5.41, 5.74) is 1.74. The SMILES string of the molecule is C=C(C)CN(Cc1nc2ccccc2c(=O)[nH]1)CC1CCCO1. The fraction of sp³-hybridized carbons (Fsp3) is 0.444. The topological polar surface area (TPSA) is 58.2 Å². The first-order chi connectivity index (χ1) is 11.1. The molecule has 1 aliphatic rings. The molecule has 5 heteroatoms. The van der Waals surface area contributed by atoms with Gasteiger partial charge in [-0.25, -0.2) is 4.98 Å². The van der Waals surface area contributed by atoms with E-state index in [0.717, 1.165) is 43.6 Å². The lowest BCUT2D eigenvalue weighted by molar-refractivity contribution is 0.0730. The van der Waals surface area contributed by atoms with Crippen molar-refractivity contribution in [3.63, 3.8) is 0 Å². The fourth-order valence-corrected chi connectivity index (χ4v) is 3.06. The summed E-state index contributed by atoms with van der Waals surface area (Å²) >= 11 is 0. The Morgan fingerprint density at radius 3 is 3.04 bits per heavy atom. The van der Waals surface area contributed by atoms with E-state index in [2.05, 4.69) is 21.4 Å². The lowest BCUT2D eigenvalue weighted by atomic mass is 10.2. The van der Waals surface area contributed by atoms with Crippen molar-refractivity contribution in [1.29, 1.82) is 0 Å². The van der Waals surface area contributed by atoms with Crippen LogP contribution >= 0.6 is 0 Å². The molecule has 1 saturated heterocycles. The number of nitrogens with zero attached hydrogens (tertiary/aromatic N) is 2. The second-order valence-electron chi connectivity index (χ2n) is 6.29. The zero-order valence-electron chi connectivity index (χ0n) is 13.5. The second kappa shape index (κ2) is 7.06. The number of hydrogen-bond acceptors (Lipinski definition) is 4. The van der Waals surface area contributed by atoms with Gasteiger partial charge in [-0.2, -0.15) is 0 Å². The van der Waals surface area contributed by atoms with E-state index in [0.29, 0.717) is 17.8 Å². The summed E-state index contributed by atoms with van der Waals surface area (Å²) in [5, 5.41) is 0.627. The highest BCUT2D eigenvalue weighted by Crippen LogP contribution is 2.15. The highest BCUT2D eigenvalue weighted by molar-refractivity contribution is 5.77. The molecule has 1 fully saturated rings. The molecule has 0 spiro atoms. The molecule has 1 aliphatic heterocycles. The van der Waals surface area contributed by atoms with Gasteiger partial charge < -0.3 is 9.72 Å². The number of fused-ring (bicyclic) bond motifs is 1. The normalized spacial score (nSPS) is 17.9. The summed E-state index contributed by atoms with van der Waals surface area (Å²) in [6.07, 6.45) is 2.48. The minimum absolute atomic E-state index is 0.0852. The van der Waals surface area contributed by atoms with Gasteiger partial charge in [0.25, 0.3) is 5.56 Å². The van der Waals surface area contributed by atoms with Crippen LogP contribution in [0.15, 0.2) is 41.2 Å². The summed E-state index contributed by atoms with van der Waals surface area (Å²) in [6.45, 7) is 9.06. The molecule has 0 bridgehead atoms. The molecule has 0 radical (unpaired) electrons. The molecule has 1 aromatic heterocycles. The molecule has 0 saturated carbocycles. The van der Waals surface area contributed by atoms with Crippen molar-refractivity contribution >= 4 is 10.9 Å². The van der Waals surface area contributed by atoms with Gasteiger partial charge in [0.05, 0.1) is 23.6 Å². The molecule has 0 amide bonds. The maximum absolute atomic E-state index is 12.2. The summed E-state index contributed by atoms with van der Waals surface area (Å²) < 4.78 is 5.73. The molecule has 2 aromatic rings. The predicted octanol–water partition coefficient (Wildman–Crippen LogP) is 2.48. The number of hydrogen-bond donors (Lipinski definition) is 1. The Hall–Kier alpha value is -1.98. The van der Waals surface area contributed by atoms with Crippen LogP contribution in [0.2, 0.25) is 0 Å². The third-order valence-corrected chi connectivity index (χ3v) is 4.01. The van der Waals surface area contributed by atoms with Gasteiger partial charge in [0.2, 0.25) is 0 Å². The quantitative estimate of drug-likeness (QED) is 0.832. The molecular weight excluding hydrogens is 290 g/mol. The van der Waals surface area contributed by atoms with Gasteiger partial charge in [-0.1, -0.05) is 24.3 Å². The summed E-state index contributed by atoms with van der Waals surface area (Å²) in [6, 6.07) is 7.42. The first-order valence-electron chi connectivity index (χ1n) is 8.08. The van der Waals surface area contributed by atoms with Crippen LogP contribution < -0.4 is 5.56 Å². The highest BCUT2D eigenvalue weighted by Gasteiger charge is 2.20. The number of aromatic amines is 1. The van der Waals surface area contributed by atoms with E-state index in [4.69, 9.17) is 4.74 Å². The van der Waals surface area contributed by atoms with Crippen LogP contribution in [-0.4, -0.2) is 40.7 Å². The Balaban J connectivity index is 1.80. The van der Waals surface area contributed by atoms with Gasteiger partial charge >= 0.3 is 0 Å². The number of aromatic nitrogens is 2. The molecule has 1 unspecified atom stereocenters. The van der Waals surface area contributed by atoms with Crippen LogP contribution in [0.4, 0.5) is 0 Å². The molecule has 1 N–H and O–H groups in total. The number of benzene rings is 1. The fourth-order valence-electron chi connectivity index (χ4n) is 3.06. The van der Waals surface area contributed by atoms with Gasteiger partial charge in [0.15, 0.2) is 0 Å². The van der Waals surface area contributed by atoms with E-state index < -0.39 is 0 Å². The average Bonchev–Trinajstić information content (AvgIpc) is 2.99. The lowest BCUT2D eigenvalue weighted by Crippen LogP contribution is -2.34. The molecular formula is C18H23N3O2. The van der Waals surface area contributed by atoms with Crippen LogP contribution in [0.5, 0.6) is 0 Å². The van der Waals surface area contributed by atoms with E-state index in [1.165, 1.54) is 0 Å². The number of para-hydroxylation sites is 1. The van der Waals surface area contributed by atoms with Gasteiger partial charge in [0.1, 0.15) is 5.82 Å². The predicted molar refractivity (Wildman–Crippen MR) is 91.4 cm³/mol. The maximum Gasteiger partial charge on any atom is 0.258 e.